The van der Waals surface area contributed by atoms with Gasteiger partial charge < -0.3 is 27.9 Å². The molecule has 0 aromatic carbocycles. The summed E-state index contributed by atoms with van der Waals surface area (Å²) in [6.45, 7) is 4.26. The molecule has 0 fully saturated rings. The summed E-state index contributed by atoms with van der Waals surface area (Å²) < 4.78 is 34.1. The van der Waals surface area contributed by atoms with Gasteiger partial charge in [-0.25, -0.2) is 0 Å². The Labute approximate surface area is 409 Å². The summed E-state index contributed by atoms with van der Waals surface area (Å²) in [6.07, 6.45) is 56.4. The molecule has 0 aliphatic rings. The van der Waals surface area contributed by atoms with Crippen molar-refractivity contribution < 1.29 is 42.1 Å². The van der Waals surface area contributed by atoms with Gasteiger partial charge >= 0.3 is 11.9 Å². The van der Waals surface area contributed by atoms with Gasteiger partial charge in [0.25, 0.3) is 7.82 Å². The summed E-state index contributed by atoms with van der Waals surface area (Å²) in [5.41, 5.74) is 0. The zero-order valence-electron chi connectivity index (χ0n) is 44.2. The molecule has 0 amide bonds. The van der Waals surface area contributed by atoms with Crippen molar-refractivity contribution in [1.82, 2.24) is 0 Å². The first-order valence-corrected chi connectivity index (χ1v) is 29.5. The molecule has 9 nitrogen and oxygen atoms in total. The van der Waals surface area contributed by atoms with Crippen molar-refractivity contribution in [2.45, 2.75) is 277 Å². The van der Waals surface area contributed by atoms with Gasteiger partial charge in [0.1, 0.15) is 19.8 Å². The standard InChI is InChI=1S/C56H108NO8P/c1-6-8-10-12-14-16-18-20-22-24-26-27-28-29-31-32-34-36-38-40-42-44-46-48-55(58)62-52-54(53-64-66(60,61)63-51-50-57(3,4)5)65-56(59)49-47-45-43-41-39-37-35-33-30-25-23-21-19-17-15-13-11-9-7-2/h15,17,21,23,54H,6-14,16,18-20,22,24-53H2,1-5H3/b17-15-,23-21-. The molecule has 0 aliphatic carbocycles. The minimum atomic E-state index is -4.63. The number of ether oxygens (including phenoxy) is 2. The molecule has 0 saturated heterocycles. The van der Waals surface area contributed by atoms with E-state index in [1.54, 1.807) is 0 Å². The summed E-state index contributed by atoms with van der Waals surface area (Å²) >= 11 is 0. The first-order valence-electron chi connectivity index (χ1n) is 28.0. The number of phosphoric ester groups is 1. The maximum absolute atomic E-state index is 12.8. The maximum Gasteiger partial charge on any atom is 0.306 e. The summed E-state index contributed by atoms with van der Waals surface area (Å²) in [6, 6.07) is 0. The van der Waals surface area contributed by atoms with Gasteiger partial charge in [0, 0.05) is 12.8 Å². The minimum absolute atomic E-state index is 0.0293. The number of unbranched alkanes of at least 4 members (excludes halogenated alkanes) is 34. The van der Waals surface area contributed by atoms with Gasteiger partial charge in [-0.1, -0.05) is 237 Å². The number of phosphoric acid groups is 1. The molecule has 0 aromatic rings. The molecule has 10 heteroatoms. The predicted molar refractivity (Wildman–Crippen MR) is 278 cm³/mol. The number of quaternary nitrogens is 1. The molecule has 2 unspecified atom stereocenters. The van der Waals surface area contributed by atoms with Crippen LogP contribution in [0.3, 0.4) is 0 Å². The number of rotatable bonds is 52. The van der Waals surface area contributed by atoms with Crippen molar-refractivity contribution in [3.8, 4) is 0 Å². The monoisotopic (exact) mass is 954 g/mol. The highest BCUT2D eigenvalue weighted by molar-refractivity contribution is 7.45. The average molecular weight is 954 g/mol. The van der Waals surface area contributed by atoms with E-state index in [0.29, 0.717) is 17.4 Å². The van der Waals surface area contributed by atoms with E-state index >= 15 is 0 Å². The molecule has 0 rings (SSSR count). The Hall–Kier alpha value is -1.51. The Kier molecular flexibility index (Phi) is 47.4. The van der Waals surface area contributed by atoms with Crippen LogP contribution < -0.4 is 4.89 Å². The van der Waals surface area contributed by atoms with Crippen LogP contribution in [-0.4, -0.2) is 70.0 Å². The second kappa shape index (κ2) is 48.5. The van der Waals surface area contributed by atoms with E-state index in [1.807, 2.05) is 21.1 Å². The maximum atomic E-state index is 12.8. The Bertz CT molecular complexity index is 1170. The molecule has 66 heavy (non-hydrogen) atoms. The lowest BCUT2D eigenvalue weighted by Gasteiger charge is -2.28. The lowest BCUT2D eigenvalue weighted by molar-refractivity contribution is -0.870. The molecule has 0 radical (unpaired) electrons. The second-order valence-corrected chi connectivity index (χ2v) is 21.7. The van der Waals surface area contributed by atoms with Crippen molar-refractivity contribution in [1.29, 1.82) is 0 Å². The smallest absolute Gasteiger partial charge is 0.306 e. The minimum Gasteiger partial charge on any atom is -0.756 e. The van der Waals surface area contributed by atoms with Crippen LogP contribution in [0.25, 0.3) is 0 Å². The molecule has 0 spiro atoms. The molecule has 2 atom stereocenters. The molecular weight excluding hydrogens is 846 g/mol. The lowest BCUT2D eigenvalue weighted by Crippen LogP contribution is -2.37. The largest absolute Gasteiger partial charge is 0.756 e. The molecular formula is C56H108NO8P. The molecule has 0 aromatic heterocycles. The number of carbonyl (C=O) groups excluding carboxylic acids is 2. The summed E-state index contributed by atoms with van der Waals surface area (Å²) in [4.78, 5) is 37.8. The van der Waals surface area contributed by atoms with Crippen molar-refractivity contribution in [3.05, 3.63) is 24.3 Å². The fourth-order valence-corrected chi connectivity index (χ4v) is 8.83. The van der Waals surface area contributed by atoms with Gasteiger partial charge in [-0.2, -0.15) is 0 Å². The fraction of sp³-hybridized carbons (Fsp3) is 0.893. The van der Waals surface area contributed by atoms with Gasteiger partial charge in [-0.3, -0.25) is 14.2 Å². The predicted octanol–water partition coefficient (Wildman–Crippen LogP) is 16.4. The van der Waals surface area contributed by atoms with Crippen LogP contribution in [0.2, 0.25) is 0 Å². The quantitative estimate of drug-likeness (QED) is 0.0195. The van der Waals surface area contributed by atoms with Crippen molar-refractivity contribution in [3.63, 3.8) is 0 Å². The van der Waals surface area contributed by atoms with E-state index in [1.165, 1.54) is 186 Å². The second-order valence-electron chi connectivity index (χ2n) is 20.3. The molecule has 390 valence electrons. The number of hydrogen-bond donors (Lipinski definition) is 0. The number of nitrogens with zero attached hydrogens (tertiary/aromatic N) is 1. The van der Waals surface area contributed by atoms with Crippen LogP contribution in [0.5, 0.6) is 0 Å². The zero-order valence-corrected chi connectivity index (χ0v) is 45.1. The number of hydrogen-bond acceptors (Lipinski definition) is 8. The Morgan fingerprint density at radius 2 is 0.818 bits per heavy atom. The van der Waals surface area contributed by atoms with Crippen LogP contribution in [0.15, 0.2) is 24.3 Å². The third-order valence-corrected chi connectivity index (χ3v) is 13.4. The van der Waals surface area contributed by atoms with Crippen LogP contribution >= 0.6 is 7.82 Å². The molecule has 0 bridgehead atoms. The van der Waals surface area contributed by atoms with Gasteiger partial charge in [-0.05, 0) is 44.9 Å². The third-order valence-electron chi connectivity index (χ3n) is 12.5. The van der Waals surface area contributed by atoms with Crippen LogP contribution in [0.1, 0.15) is 271 Å². The van der Waals surface area contributed by atoms with Gasteiger partial charge in [0.15, 0.2) is 6.10 Å². The fourth-order valence-electron chi connectivity index (χ4n) is 8.10. The number of allylic oxidation sites excluding steroid dienone is 4. The zero-order chi connectivity index (χ0) is 48.5. The van der Waals surface area contributed by atoms with Crippen molar-refractivity contribution in [2.75, 3.05) is 47.5 Å². The van der Waals surface area contributed by atoms with Crippen molar-refractivity contribution in [2.24, 2.45) is 0 Å². The Morgan fingerprint density at radius 1 is 0.470 bits per heavy atom. The molecule has 0 heterocycles. The lowest BCUT2D eigenvalue weighted by atomic mass is 10.0. The number of likely N-dealkylation sites (N-methyl/N-ethyl adjacent to an activating group) is 1. The van der Waals surface area contributed by atoms with E-state index in [9.17, 15) is 19.0 Å². The number of carbonyl (C=O) groups is 2. The summed E-state index contributed by atoms with van der Waals surface area (Å²) in [7, 11) is 1.18. The van der Waals surface area contributed by atoms with Gasteiger partial charge in [0.05, 0.1) is 27.7 Å². The highest BCUT2D eigenvalue weighted by atomic mass is 31.2. The van der Waals surface area contributed by atoms with E-state index in [0.717, 1.165) is 51.4 Å². The highest BCUT2D eigenvalue weighted by Gasteiger charge is 2.22. The first kappa shape index (κ1) is 64.5. The molecule has 0 N–H and O–H groups in total. The van der Waals surface area contributed by atoms with Crippen LogP contribution in [0.4, 0.5) is 0 Å². The van der Waals surface area contributed by atoms with Crippen LogP contribution in [0, 0.1) is 0 Å². The highest BCUT2D eigenvalue weighted by Crippen LogP contribution is 2.38. The Morgan fingerprint density at radius 3 is 1.23 bits per heavy atom. The van der Waals surface area contributed by atoms with Crippen LogP contribution in [-0.2, 0) is 32.7 Å². The first-order chi connectivity index (χ1) is 32.0. The topological polar surface area (TPSA) is 111 Å². The molecule has 0 saturated carbocycles. The number of esters is 2. The van der Waals surface area contributed by atoms with E-state index < -0.39 is 26.5 Å². The summed E-state index contributed by atoms with van der Waals surface area (Å²) in [5.74, 6) is -0.824. The SMILES string of the molecule is CCCCC/C=C\C/C=C\CCCCCCCCCCCC(=O)OC(COC(=O)CCCCCCCCCCCCCCCCCCCCCCCCC)COP(=O)([O-])OCC[N+](C)(C)C. The molecule has 0 aliphatic heterocycles. The third kappa shape index (κ3) is 51.9. The normalized spacial score (nSPS) is 13.5. The van der Waals surface area contributed by atoms with E-state index in [2.05, 4.69) is 38.2 Å². The van der Waals surface area contributed by atoms with Gasteiger partial charge in [0.2, 0.25) is 0 Å². The average Bonchev–Trinajstić information content (AvgIpc) is 3.27. The van der Waals surface area contributed by atoms with Gasteiger partial charge in [-0.15, -0.1) is 0 Å². The Balaban J connectivity index is 4.15. The summed E-state index contributed by atoms with van der Waals surface area (Å²) in [5, 5.41) is 0. The van der Waals surface area contributed by atoms with Crippen molar-refractivity contribution >= 4 is 19.8 Å². The van der Waals surface area contributed by atoms with E-state index in [4.69, 9.17) is 18.5 Å². The van der Waals surface area contributed by atoms with E-state index in [-0.39, 0.29) is 32.0 Å².